The van der Waals surface area contributed by atoms with E-state index in [-0.39, 0.29) is 11.2 Å². The molecule has 0 atom stereocenters. The first-order valence-corrected chi connectivity index (χ1v) is 9.36. The van der Waals surface area contributed by atoms with Crippen molar-refractivity contribution in [3.63, 3.8) is 0 Å². The van der Waals surface area contributed by atoms with Crippen LogP contribution >= 0.6 is 11.8 Å². The van der Waals surface area contributed by atoms with Crippen LogP contribution in [0.3, 0.4) is 0 Å². The van der Waals surface area contributed by atoms with Crippen molar-refractivity contribution in [2.24, 2.45) is 0 Å². The third kappa shape index (κ3) is 3.33. The molecule has 0 aliphatic heterocycles. The third-order valence-corrected chi connectivity index (χ3v) is 4.93. The van der Waals surface area contributed by atoms with Gasteiger partial charge in [-0.3, -0.25) is 13.9 Å². The van der Waals surface area contributed by atoms with Crippen LogP contribution in [0.15, 0.2) is 69.1 Å². The Morgan fingerprint density at radius 3 is 2.16 bits per heavy atom. The van der Waals surface area contributed by atoms with Gasteiger partial charge in [0, 0.05) is 17.5 Å². The van der Waals surface area contributed by atoms with Crippen LogP contribution in [0.25, 0.3) is 16.9 Å². The van der Waals surface area contributed by atoms with E-state index in [2.05, 4.69) is 0 Å². The van der Waals surface area contributed by atoms with E-state index in [0.29, 0.717) is 12.2 Å². The van der Waals surface area contributed by atoms with Gasteiger partial charge in [0.15, 0.2) is 0 Å². The number of hydrogen-bond acceptors (Lipinski definition) is 3. The van der Waals surface area contributed by atoms with E-state index in [0.717, 1.165) is 21.7 Å². The van der Waals surface area contributed by atoms with Crippen molar-refractivity contribution >= 4 is 11.8 Å². The Balaban J connectivity index is 2.31. The number of nitrogens with zero attached hydrogens (tertiary/aromatic N) is 2. The van der Waals surface area contributed by atoms with Gasteiger partial charge in [0.2, 0.25) is 0 Å². The number of benzene rings is 2. The Morgan fingerprint density at radius 2 is 1.60 bits per heavy atom. The standard InChI is InChI=1S/C20H20N2O2S/c1-4-21-19(23)13-18(15-7-5-14(2)6-8-15)22(20(21)24)16-9-11-17(25-3)12-10-16/h5-13H,4H2,1-3H3. The summed E-state index contributed by atoms with van der Waals surface area (Å²) in [6.07, 6.45) is 2.01. The lowest BCUT2D eigenvalue weighted by Gasteiger charge is -2.15. The molecule has 3 aromatic rings. The van der Waals surface area contributed by atoms with E-state index in [1.165, 1.54) is 10.6 Å². The van der Waals surface area contributed by atoms with Crippen LogP contribution in [0.4, 0.5) is 0 Å². The van der Waals surface area contributed by atoms with E-state index in [1.54, 1.807) is 23.3 Å². The minimum absolute atomic E-state index is 0.278. The molecule has 0 unspecified atom stereocenters. The van der Waals surface area contributed by atoms with E-state index < -0.39 is 0 Å². The smallest absolute Gasteiger partial charge is 0.269 e. The first kappa shape index (κ1) is 17.3. The first-order valence-electron chi connectivity index (χ1n) is 8.13. The second kappa shape index (κ2) is 7.15. The Morgan fingerprint density at radius 1 is 0.960 bits per heavy atom. The van der Waals surface area contributed by atoms with Gasteiger partial charge >= 0.3 is 5.69 Å². The summed E-state index contributed by atoms with van der Waals surface area (Å²) in [4.78, 5) is 26.4. The second-order valence-corrected chi connectivity index (χ2v) is 6.67. The maximum Gasteiger partial charge on any atom is 0.336 e. The summed E-state index contributed by atoms with van der Waals surface area (Å²) >= 11 is 1.65. The summed E-state index contributed by atoms with van der Waals surface area (Å²) in [7, 11) is 0. The van der Waals surface area contributed by atoms with Crippen LogP contribution in [0, 0.1) is 6.92 Å². The maximum atomic E-state index is 13.0. The quantitative estimate of drug-likeness (QED) is 0.672. The summed E-state index contributed by atoms with van der Waals surface area (Å²) in [5, 5.41) is 0. The van der Waals surface area contributed by atoms with Crippen LogP contribution < -0.4 is 11.2 Å². The molecule has 0 bridgehead atoms. The Hall–Kier alpha value is -2.53. The molecule has 0 radical (unpaired) electrons. The molecular formula is C20H20N2O2S. The van der Waals surface area contributed by atoms with E-state index in [9.17, 15) is 9.59 Å². The van der Waals surface area contributed by atoms with Gasteiger partial charge in [0.05, 0.1) is 11.4 Å². The zero-order valence-corrected chi connectivity index (χ0v) is 15.3. The molecule has 25 heavy (non-hydrogen) atoms. The fraction of sp³-hybridized carbons (Fsp3) is 0.200. The zero-order chi connectivity index (χ0) is 18.0. The van der Waals surface area contributed by atoms with Crippen LogP contribution in [0.5, 0.6) is 0 Å². The van der Waals surface area contributed by atoms with Gasteiger partial charge in [-0.2, -0.15) is 0 Å². The van der Waals surface area contributed by atoms with Crippen LogP contribution in [0.2, 0.25) is 0 Å². The zero-order valence-electron chi connectivity index (χ0n) is 14.5. The lowest BCUT2D eigenvalue weighted by atomic mass is 10.1. The molecule has 0 aliphatic rings. The van der Waals surface area contributed by atoms with Crippen LogP contribution in [-0.4, -0.2) is 15.4 Å². The molecular weight excluding hydrogens is 332 g/mol. The van der Waals surface area contributed by atoms with Gasteiger partial charge in [0.1, 0.15) is 0 Å². The predicted octanol–water partition coefficient (Wildman–Crippen LogP) is 3.72. The fourth-order valence-corrected chi connectivity index (χ4v) is 3.19. The molecule has 3 rings (SSSR count). The molecule has 5 heteroatoms. The van der Waals surface area contributed by atoms with E-state index in [1.807, 2.05) is 61.7 Å². The highest BCUT2D eigenvalue weighted by molar-refractivity contribution is 7.98. The lowest BCUT2D eigenvalue weighted by molar-refractivity contribution is 0.649. The largest absolute Gasteiger partial charge is 0.336 e. The van der Waals surface area contributed by atoms with Gasteiger partial charge in [-0.05, 0) is 49.9 Å². The number of aromatic nitrogens is 2. The van der Waals surface area contributed by atoms with E-state index in [4.69, 9.17) is 0 Å². The SMILES string of the molecule is CCn1c(=O)cc(-c2ccc(C)cc2)n(-c2ccc(SC)cc2)c1=O. The van der Waals surface area contributed by atoms with Gasteiger partial charge in [-0.15, -0.1) is 11.8 Å². The van der Waals surface area contributed by atoms with Crippen molar-refractivity contribution in [1.29, 1.82) is 0 Å². The molecule has 0 spiro atoms. The summed E-state index contributed by atoms with van der Waals surface area (Å²) in [6.45, 7) is 4.15. The number of thioether (sulfide) groups is 1. The number of hydrogen-bond donors (Lipinski definition) is 0. The maximum absolute atomic E-state index is 13.0. The monoisotopic (exact) mass is 352 g/mol. The third-order valence-electron chi connectivity index (χ3n) is 4.18. The van der Waals surface area contributed by atoms with Crippen molar-refractivity contribution in [2.75, 3.05) is 6.26 Å². The Labute approximate surface area is 150 Å². The minimum Gasteiger partial charge on any atom is -0.269 e. The highest BCUT2D eigenvalue weighted by Gasteiger charge is 2.14. The molecule has 1 heterocycles. The molecule has 0 fully saturated rings. The van der Waals surface area contributed by atoms with Crippen LogP contribution in [-0.2, 0) is 6.54 Å². The minimum atomic E-state index is -0.317. The summed E-state index contributed by atoms with van der Waals surface area (Å²) < 4.78 is 2.86. The predicted molar refractivity (Wildman–Crippen MR) is 104 cm³/mol. The highest BCUT2D eigenvalue weighted by atomic mass is 32.2. The molecule has 4 nitrogen and oxygen atoms in total. The summed E-state index contributed by atoms with van der Waals surface area (Å²) in [6, 6.07) is 17.2. The van der Waals surface area contributed by atoms with E-state index >= 15 is 0 Å². The summed E-state index contributed by atoms with van der Waals surface area (Å²) in [5.41, 5.74) is 2.74. The van der Waals surface area contributed by atoms with Gasteiger partial charge in [-0.1, -0.05) is 29.8 Å². The van der Waals surface area contributed by atoms with Crippen molar-refractivity contribution in [3.8, 4) is 16.9 Å². The fourth-order valence-electron chi connectivity index (χ4n) is 2.79. The molecule has 128 valence electrons. The van der Waals surface area contributed by atoms with Crippen molar-refractivity contribution in [1.82, 2.24) is 9.13 Å². The van der Waals surface area contributed by atoms with Crippen LogP contribution in [0.1, 0.15) is 12.5 Å². The average molecular weight is 352 g/mol. The molecule has 0 saturated carbocycles. The van der Waals surface area contributed by atoms with Crippen molar-refractivity contribution < 1.29 is 0 Å². The van der Waals surface area contributed by atoms with Gasteiger partial charge in [-0.25, -0.2) is 4.79 Å². The molecule has 0 amide bonds. The molecule has 0 saturated heterocycles. The van der Waals surface area contributed by atoms with Gasteiger partial charge < -0.3 is 0 Å². The molecule has 0 aliphatic carbocycles. The lowest BCUT2D eigenvalue weighted by Crippen LogP contribution is -2.39. The second-order valence-electron chi connectivity index (χ2n) is 5.79. The Kier molecular flexibility index (Phi) is 4.95. The highest BCUT2D eigenvalue weighted by Crippen LogP contribution is 2.22. The molecule has 2 aromatic carbocycles. The average Bonchev–Trinajstić information content (AvgIpc) is 2.62. The summed E-state index contributed by atoms with van der Waals surface area (Å²) in [5.74, 6) is 0. The van der Waals surface area contributed by atoms with Gasteiger partial charge in [0.25, 0.3) is 5.56 Å². The number of rotatable bonds is 4. The van der Waals surface area contributed by atoms with Crippen molar-refractivity contribution in [3.05, 3.63) is 81.0 Å². The normalized spacial score (nSPS) is 10.8. The number of aryl methyl sites for hydroxylation is 1. The topological polar surface area (TPSA) is 44.0 Å². The molecule has 0 N–H and O–H groups in total. The van der Waals surface area contributed by atoms with Crippen molar-refractivity contribution in [2.45, 2.75) is 25.3 Å². The first-order chi connectivity index (χ1) is 12.0. The molecule has 1 aromatic heterocycles. The Bertz CT molecular complexity index is 1000.